The minimum atomic E-state index is -0.0699. The third kappa shape index (κ3) is 2.94. The highest BCUT2D eigenvalue weighted by Crippen LogP contribution is 2.35. The van der Waals surface area contributed by atoms with Crippen molar-refractivity contribution in [3.8, 4) is 11.3 Å². The minimum absolute atomic E-state index is 0.0699. The van der Waals surface area contributed by atoms with Crippen molar-refractivity contribution in [2.45, 2.75) is 19.3 Å². The highest BCUT2D eigenvalue weighted by molar-refractivity contribution is 9.10. The molecule has 0 aliphatic carbocycles. The Kier molecular flexibility index (Phi) is 3.96. The molecule has 0 atom stereocenters. The summed E-state index contributed by atoms with van der Waals surface area (Å²) >= 11 is 5.20. The van der Waals surface area contributed by atoms with Crippen LogP contribution < -0.4 is 0 Å². The highest BCUT2D eigenvalue weighted by Gasteiger charge is 2.26. The Morgan fingerprint density at radius 2 is 1.62 bits per heavy atom. The molecule has 3 heteroatoms. The quantitative estimate of drug-likeness (QED) is 0.568. The molecule has 0 N–H and O–H groups in total. The van der Waals surface area contributed by atoms with E-state index in [2.05, 4.69) is 89.8 Å². The molecule has 3 aromatic rings. The van der Waals surface area contributed by atoms with Gasteiger partial charge in [-0.05, 0) is 31.5 Å². The number of nitrogens with zero attached hydrogens (tertiary/aromatic N) is 1. The Bertz CT molecular complexity index is 729. The summed E-state index contributed by atoms with van der Waals surface area (Å²) in [5.74, 6) is 0. The number of hydrogen-bond donors (Lipinski definition) is 0. The van der Waals surface area contributed by atoms with E-state index in [0.29, 0.717) is 0 Å². The fraction of sp³-hybridized carbons (Fsp3) is 0.167. The Morgan fingerprint density at radius 3 is 2.29 bits per heavy atom. The number of aromatic nitrogens is 1. The summed E-state index contributed by atoms with van der Waals surface area (Å²) in [4.78, 5) is 4.86. The van der Waals surface area contributed by atoms with Crippen LogP contribution >= 0.6 is 27.3 Å². The fourth-order valence-corrected chi connectivity index (χ4v) is 3.53. The largest absolute Gasteiger partial charge is 0.240 e. The normalized spacial score (nSPS) is 11.6. The first-order valence-electron chi connectivity index (χ1n) is 6.85. The van der Waals surface area contributed by atoms with Crippen LogP contribution in [-0.4, -0.2) is 4.98 Å². The van der Waals surface area contributed by atoms with Gasteiger partial charge in [0.15, 0.2) is 0 Å². The van der Waals surface area contributed by atoms with Crippen molar-refractivity contribution in [2.24, 2.45) is 0 Å². The molecule has 3 rings (SSSR count). The van der Waals surface area contributed by atoms with Crippen LogP contribution in [0, 0.1) is 0 Å². The first kappa shape index (κ1) is 14.5. The van der Waals surface area contributed by atoms with Crippen molar-refractivity contribution in [3.05, 3.63) is 75.0 Å². The number of halogens is 1. The summed E-state index contributed by atoms with van der Waals surface area (Å²) in [6, 6.07) is 18.8. The van der Waals surface area contributed by atoms with Crippen LogP contribution in [-0.2, 0) is 5.41 Å². The first-order chi connectivity index (χ1) is 10.1. The van der Waals surface area contributed by atoms with Gasteiger partial charge in [0.05, 0.1) is 5.69 Å². The second-order valence-electron chi connectivity index (χ2n) is 5.54. The van der Waals surface area contributed by atoms with Crippen molar-refractivity contribution in [1.82, 2.24) is 4.98 Å². The predicted octanol–water partition coefficient (Wildman–Crippen LogP) is 5.90. The van der Waals surface area contributed by atoms with Crippen LogP contribution in [0.1, 0.15) is 24.4 Å². The minimum Gasteiger partial charge on any atom is -0.240 e. The molecular weight excluding hydrogens is 342 g/mol. The maximum Gasteiger partial charge on any atom is 0.103 e. The molecule has 0 unspecified atom stereocenters. The second-order valence-corrected chi connectivity index (χ2v) is 7.31. The molecule has 0 aliphatic rings. The fourth-order valence-electron chi connectivity index (χ4n) is 2.29. The number of thiazole rings is 1. The highest BCUT2D eigenvalue weighted by atomic mass is 79.9. The SMILES string of the molecule is CC(C)(c1ccccc1)c1nc(-c2ccc(Br)cc2)cs1. The van der Waals surface area contributed by atoms with Crippen LogP contribution in [0.5, 0.6) is 0 Å². The molecule has 1 heterocycles. The summed E-state index contributed by atoms with van der Waals surface area (Å²) in [6.07, 6.45) is 0. The van der Waals surface area contributed by atoms with Gasteiger partial charge in [-0.1, -0.05) is 58.4 Å². The molecule has 0 fully saturated rings. The lowest BCUT2D eigenvalue weighted by molar-refractivity contribution is 0.635. The Balaban J connectivity index is 1.96. The zero-order valence-electron chi connectivity index (χ0n) is 12.0. The Labute approximate surface area is 137 Å². The smallest absolute Gasteiger partial charge is 0.103 e. The number of rotatable bonds is 3. The molecule has 0 saturated heterocycles. The van der Waals surface area contributed by atoms with Crippen LogP contribution in [0.3, 0.4) is 0 Å². The lowest BCUT2D eigenvalue weighted by Gasteiger charge is -2.22. The maximum absolute atomic E-state index is 4.86. The van der Waals surface area contributed by atoms with Gasteiger partial charge in [-0.2, -0.15) is 0 Å². The van der Waals surface area contributed by atoms with Gasteiger partial charge < -0.3 is 0 Å². The molecule has 0 spiro atoms. The molecule has 2 aromatic carbocycles. The molecule has 21 heavy (non-hydrogen) atoms. The van der Waals surface area contributed by atoms with Crippen molar-refractivity contribution in [3.63, 3.8) is 0 Å². The zero-order valence-corrected chi connectivity index (χ0v) is 14.4. The van der Waals surface area contributed by atoms with E-state index in [-0.39, 0.29) is 5.41 Å². The number of hydrogen-bond acceptors (Lipinski definition) is 2. The molecule has 0 radical (unpaired) electrons. The predicted molar refractivity (Wildman–Crippen MR) is 93.8 cm³/mol. The van der Waals surface area contributed by atoms with Gasteiger partial charge in [0.2, 0.25) is 0 Å². The molecule has 0 amide bonds. The Hall–Kier alpha value is -1.45. The first-order valence-corrected chi connectivity index (χ1v) is 8.52. The van der Waals surface area contributed by atoms with Crippen LogP contribution in [0.4, 0.5) is 0 Å². The van der Waals surface area contributed by atoms with Crippen LogP contribution in [0.2, 0.25) is 0 Å². The van der Waals surface area contributed by atoms with Crippen molar-refractivity contribution in [1.29, 1.82) is 0 Å². The van der Waals surface area contributed by atoms with Gasteiger partial charge in [0.1, 0.15) is 5.01 Å². The monoisotopic (exact) mass is 357 g/mol. The van der Waals surface area contributed by atoms with E-state index in [1.165, 1.54) is 5.56 Å². The summed E-state index contributed by atoms with van der Waals surface area (Å²) < 4.78 is 1.09. The second kappa shape index (κ2) is 5.74. The molecular formula is C18H16BrNS. The van der Waals surface area contributed by atoms with Crippen LogP contribution in [0.25, 0.3) is 11.3 Å². The van der Waals surface area contributed by atoms with E-state index in [4.69, 9.17) is 4.98 Å². The average molecular weight is 358 g/mol. The van der Waals surface area contributed by atoms with E-state index in [1.807, 2.05) is 0 Å². The van der Waals surface area contributed by atoms with Gasteiger partial charge in [0, 0.05) is 20.8 Å². The van der Waals surface area contributed by atoms with Crippen molar-refractivity contribution >= 4 is 27.3 Å². The van der Waals surface area contributed by atoms with Crippen LogP contribution in [0.15, 0.2) is 64.5 Å². The summed E-state index contributed by atoms with van der Waals surface area (Å²) in [5, 5.41) is 3.29. The molecule has 0 bridgehead atoms. The lowest BCUT2D eigenvalue weighted by Crippen LogP contribution is -2.18. The van der Waals surface area contributed by atoms with Crippen molar-refractivity contribution in [2.75, 3.05) is 0 Å². The van der Waals surface area contributed by atoms with E-state index >= 15 is 0 Å². The van der Waals surface area contributed by atoms with Gasteiger partial charge in [-0.3, -0.25) is 0 Å². The lowest BCUT2D eigenvalue weighted by atomic mass is 9.85. The van der Waals surface area contributed by atoms with Crippen molar-refractivity contribution < 1.29 is 0 Å². The summed E-state index contributed by atoms with van der Waals surface area (Å²) in [5.41, 5.74) is 3.43. The molecule has 1 aromatic heterocycles. The van der Waals surface area contributed by atoms with Gasteiger partial charge in [-0.15, -0.1) is 11.3 Å². The summed E-state index contributed by atoms with van der Waals surface area (Å²) in [7, 11) is 0. The zero-order chi connectivity index (χ0) is 14.9. The van der Waals surface area contributed by atoms with Gasteiger partial charge >= 0.3 is 0 Å². The standard InChI is InChI=1S/C18H16BrNS/c1-18(2,14-6-4-3-5-7-14)17-20-16(12-21-17)13-8-10-15(19)11-9-13/h3-12H,1-2H3. The maximum atomic E-state index is 4.86. The van der Waals surface area contributed by atoms with E-state index < -0.39 is 0 Å². The Morgan fingerprint density at radius 1 is 0.952 bits per heavy atom. The van der Waals surface area contributed by atoms with E-state index in [0.717, 1.165) is 20.7 Å². The van der Waals surface area contributed by atoms with Gasteiger partial charge in [0.25, 0.3) is 0 Å². The topological polar surface area (TPSA) is 12.9 Å². The number of benzene rings is 2. The van der Waals surface area contributed by atoms with Gasteiger partial charge in [-0.25, -0.2) is 4.98 Å². The summed E-state index contributed by atoms with van der Waals surface area (Å²) in [6.45, 7) is 4.46. The third-order valence-corrected chi connectivity index (χ3v) is 5.37. The molecule has 0 saturated carbocycles. The molecule has 106 valence electrons. The van der Waals surface area contributed by atoms with E-state index in [9.17, 15) is 0 Å². The molecule has 0 aliphatic heterocycles. The molecule has 1 nitrogen and oxygen atoms in total. The van der Waals surface area contributed by atoms with E-state index in [1.54, 1.807) is 11.3 Å². The average Bonchev–Trinajstić information content (AvgIpc) is 2.99. The third-order valence-electron chi connectivity index (χ3n) is 3.67.